The molecule has 2 rings (SSSR count). The summed E-state index contributed by atoms with van der Waals surface area (Å²) in [5.41, 5.74) is -0.720. The van der Waals surface area contributed by atoms with Gasteiger partial charge in [0.1, 0.15) is 5.82 Å². The Labute approximate surface area is 99.6 Å². The Morgan fingerprint density at radius 2 is 1.88 bits per heavy atom. The van der Waals surface area contributed by atoms with Crippen LogP contribution in [-0.4, -0.2) is 18.1 Å². The summed E-state index contributed by atoms with van der Waals surface area (Å²) in [6.45, 7) is 1.72. The van der Waals surface area contributed by atoms with Crippen LogP contribution < -0.4 is 4.90 Å². The van der Waals surface area contributed by atoms with Gasteiger partial charge in [0.25, 0.3) is 0 Å². The fourth-order valence-electron chi connectivity index (χ4n) is 1.75. The number of hydrogen-bond donors (Lipinski definition) is 0. The highest BCUT2D eigenvalue weighted by atomic mass is 79.9. The molecule has 0 unspecified atom stereocenters. The van der Waals surface area contributed by atoms with E-state index in [0.717, 1.165) is 38.2 Å². The number of alkyl halides is 3. The Morgan fingerprint density at radius 1 is 1.25 bits per heavy atom. The topological polar surface area (TPSA) is 16.1 Å². The molecule has 0 atom stereocenters. The minimum atomic E-state index is -4.33. The van der Waals surface area contributed by atoms with Crippen LogP contribution in [0, 0.1) is 0 Å². The number of nitrogens with zero attached hydrogens (tertiary/aromatic N) is 2. The van der Waals surface area contributed by atoms with Gasteiger partial charge in [-0.15, -0.1) is 0 Å². The molecule has 1 saturated heterocycles. The predicted octanol–water partition coefficient (Wildman–Crippen LogP) is 3.46. The molecule has 1 aromatic heterocycles. The van der Waals surface area contributed by atoms with Crippen molar-refractivity contribution in [1.29, 1.82) is 0 Å². The summed E-state index contributed by atoms with van der Waals surface area (Å²) in [4.78, 5) is 5.88. The van der Waals surface area contributed by atoms with E-state index in [0.29, 0.717) is 10.3 Å². The van der Waals surface area contributed by atoms with E-state index in [1.54, 1.807) is 0 Å². The van der Waals surface area contributed by atoms with Crippen molar-refractivity contribution in [3.05, 3.63) is 22.3 Å². The molecule has 1 fully saturated rings. The smallest absolute Gasteiger partial charge is 0.356 e. The van der Waals surface area contributed by atoms with Crippen LogP contribution >= 0.6 is 15.9 Å². The van der Waals surface area contributed by atoms with Gasteiger partial charge in [-0.25, -0.2) is 4.98 Å². The van der Waals surface area contributed by atoms with Crippen molar-refractivity contribution in [2.45, 2.75) is 19.0 Å². The fourth-order valence-corrected chi connectivity index (χ4v) is 2.35. The van der Waals surface area contributed by atoms with Gasteiger partial charge in [0, 0.05) is 19.3 Å². The molecule has 2 heterocycles. The highest BCUT2D eigenvalue weighted by Gasteiger charge is 2.32. The molecule has 88 valence electrons. The van der Waals surface area contributed by atoms with E-state index in [4.69, 9.17) is 0 Å². The van der Waals surface area contributed by atoms with Crippen molar-refractivity contribution in [3.63, 3.8) is 0 Å². The fraction of sp³-hybridized carbons (Fsp3) is 0.500. The summed E-state index contributed by atoms with van der Waals surface area (Å²) in [6.07, 6.45) is -1.32. The standard InChI is InChI=1S/C10H10BrF3N2/c11-8-5-7(10(12,13)14)6-15-9(8)16-3-1-2-4-16/h5-6H,1-4H2. The Bertz CT molecular complexity index is 386. The molecule has 16 heavy (non-hydrogen) atoms. The van der Waals surface area contributed by atoms with E-state index < -0.39 is 11.7 Å². The predicted molar refractivity (Wildman–Crippen MR) is 58.4 cm³/mol. The van der Waals surface area contributed by atoms with Crippen molar-refractivity contribution in [2.24, 2.45) is 0 Å². The highest BCUT2D eigenvalue weighted by molar-refractivity contribution is 9.10. The number of rotatable bonds is 1. The van der Waals surface area contributed by atoms with E-state index >= 15 is 0 Å². The minimum absolute atomic E-state index is 0.407. The van der Waals surface area contributed by atoms with Gasteiger partial charge in [-0.2, -0.15) is 13.2 Å². The normalized spacial score (nSPS) is 16.9. The molecule has 0 amide bonds. The van der Waals surface area contributed by atoms with E-state index in [-0.39, 0.29) is 0 Å². The van der Waals surface area contributed by atoms with Crippen LogP contribution in [0.4, 0.5) is 19.0 Å². The molecule has 1 aromatic rings. The van der Waals surface area contributed by atoms with Crippen molar-refractivity contribution in [1.82, 2.24) is 4.98 Å². The molecular formula is C10H10BrF3N2. The Morgan fingerprint density at radius 3 is 2.38 bits per heavy atom. The summed E-state index contributed by atoms with van der Waals surface area (Å²) in [5.74, 6) is 0.602. The van der Waals surface area contributed by atoms with Crippen LogP contribution in [0.15, 0.2) is 16.7 Å². The van der Waals surface area contributed by atoms with Gasteiger partial charge in [-0.1, -0.05) is 0 Å². The van der Waals surface area contributed by atoms with Crippen LogP contribution in [-0.2, 0) is 6.18 Å². The average Bonchev–Trinajstić information content (AvgIpc) is 2.69. The summed E-state index contributed by atoms with van der Waals surface area (Å²) < 4.78 is 37.6. The number of pyridine rings is 1. The molecule has 0 aliphatic carbocycles. The van der Waals surface area contributed by atoms with Crippen molar-refractivity contribution < 1.29 is 13.2 Å². The Balaban J connectivity index is 2.29. The van der Waals surface area contributed by atoms with Crippen LogP contribution in [0.25, 0.3) is 0 Å². The first-order valence-corrected chi connectivity index (χ1v) is 5.75. The number of hydrogen-bond acceptors (Lipinski definition) is 2. The summed E-state index contributed by atoms with van der Waals surface area (Å²) in [6, 6.07) is 1.08. The minimum Gasteiger partial charge on any atom is -0.356 e. The molecule has 6 heteroatoms. The summed E-state index contributed by atoms with van der Waals surface area (Å²) in [5, 5.41) is 0. The van der Waals surface area contributed by atoms with Gasteiger partial charge < -0.3 is 4.90 Å². The molecule has 1 aliphatic rings. The van der Waals surface area contributed by atoms with Crippen molar-refractivity contribution in [3.8, 4) is 0 Å². The van der Waals surface area contributed by atoms with Crippen molar-refractivity contribution in [2.75, 3.05) is 18.0 Å². The summed E-state index contributed by atoms with van der Waals surface area (Å²) in [7, 11) is 0. The molecule has 0 spiro atoms. The molecule has 1 aliphatic heterocycles. The zero-order valence-corrected chi connectivity index (χ0v) is 9.98. The third-order valence-electron chi connectivity index (χ3n) is 2.55. The SMILES string of the molecule is FC(F)(F)c1cnc(N2CCCC2)c(Br)c1. The van der Waals surface area contributed by atoms with Gasteiger partial charge in [0.15, 0.2) is 0 Å². The van der Waals surface area contributed by atoms with Gasteiger partial charge in [0.05, 0.1) is 10.0 Å². The number of halogens is 4. The van der Waals surface area contributed by atoms with E-state index in [1.807, 2.05) is 4.90 Å². The molecule has 0 saturated carbocycles. The number of aromatic nitrogens is 1. The third kappa shape index (κ3) is 2.31. The maximum absolute atomic E-state index is 12.4. The number of anilines is 1. The largest absolute Gasteiger partial charge is 0.417 e. The lowest BCUT2D eigenvalue weighted by molar-refractivity contribution is -0.137. The Kier molecular flexibility index (Phi) is 3.10. The van der Waals surface area contributed by atoms with Gasteiger partial charge in [-0.05, 0) is 34.8 Å². The van der Waals surface area contributed by atoms with Crippen molar-refractivity contribution >= 4 is 21.7 Å². The average molecular weight is 295 g/mol. The van der Waals surface area contributed by atoms with E-state index in [1.165, 1.54) is 0 Å². The van der Waals surface area contributed by atoms with Crippen LogP contribution in [0.2, 0.25) is 0 Å². The zero-order valence-electron chi connectivity index (χ0n) is 8.39. The van der Waals surface area contributed by atoms with Gasteiger partial charge in [0.2, 0.25) is 0 Å². The first kappa shape index (κ1) is 11.7. The Hall–Kier alpha value is -0.780. The molecule has 2 nitrogen and oxygen atoms in total. The van der Waals surface area contributed by atoms with Crippen LogP contribution in [0.3, 0.4) is 0 Å². The maximum Gasteiger partial charge on any atom is 0.417 e. The van der Waals surface area contributed by atoms with Crippen LogP contribution in [0.5, 0.6) is 0 Å². The quantitative estimate of drug-likeness (QED) is 0.788. The highest BCUT2D eigenvalue weighted by Crippen LogP contribution is 2.34. The molecular weight excluding hydrogens is 285 g/mol. The molecule has 0 aromatic carbocycles. The molecule has 0 N–H and O–H groups in total. The first-order chi connectivity index (χ1) is 7.48. The monoisotopic (exact) mass is 294 g/mol. The summed E-state index contributed by atoms with van der Waals surface area (Å²) >= 11 is 3.15. The van der Waals surface area contributed by atoms with Crippen LogP contribution in [0.1, 0.15) is 18.4 Å². The van der Waals surface area contributed by atoms with E-state index in [9.17, 15) is 13.2 Å². The molecule has 0 bridgehead atoms. The maximum atomic E-state index is 12.4. The third-order valence-corrected chi connectivity index (χ3v) is 3.14. The lowest BCUT2D eigenvalue weighted by Crippen LogP contribution is -2.20. The van der Waals surface area contributed by atoms with E-state index in [2.05, 4.69) is 20.9 Å². The first-order valence-electron chi connectivity index (χ1n) is 4.96. The second-order valence-corrected chi connectivity index (χ2v) is 4.58. The van der Waals surface area contributed by atoms with Gasteiger partial charge >= 0.3 is 6.18 Å². The zero-order chi connectivity index (χ0) is 11.8. The lowest BCUT2D eigenvalue weighted by atomic mass is 10.2. The van der Waals surface area contributed by atoms with Gasteiger partial charge in [-0.3, -0.25) is 0 Å². The second-order valence-electron chi connectivity index (χ2n) is 3.72. The second kappa shape index (κ2) is 4.24. The molecule has 0 radical (unpaired) electrons. The lowest BCUT2D eigenvalue weighted by Gasteiger charge is -2.18.